The Balaban J connectivity index is 1.77. The Bertz CT molecular complexity index is 851. The second kappa shape index (κ2) is 6.80. The minimum atomic E-state index is -1.30. The standard InChI is InChI=1S/C12H12N6O6S2/c1-24-3-2-25-10-5(9(20)18(10)6(3)11(21)22)14-8(19)4(16-23)7-15-12(13)26-17-7/h5,10,23H,2H2,1H3,(H,14,19)(H,21,22)(H2,13,15,17)/b16-4+/t5-,10-/m1/s1. The largest absolute Gasteiger partial charge is 0.498 e. The lowest BCUT2D eigenvalue weighted by atomic mass is 10.0. The monoisotopic (exact) mass is 400 g/mol. The first kappa shape index (κ1) is 17.9. The molecule has 14 heteroatoms. The van der Waals surface area contributed by atoms with Crippen LogP contribution in [0.3, 0.4) is 0 Å². The van der Waals surface area contributed by atoms with Gasteiger partial charge in [-0.3, -0.25) is 14.5 Å². The van der Waals surface area contributed by atoms with Gasteiger partial charge in [-0.2, -0.15) is 9.36 Å². The third kappa shape index (κ3) is 2.82. The molecule has 0 saturated carbocycles. The summed E-state index contributed by atoms with van der Waals surface area (Å²) in [5, 5.41) is 23.1. The highest BCUT2D eigenvalue weighted by Gasteiger charge is 2.55. The average Bonchev–Trinajstić information content (AvgIpc) is 3.04. The SMILES string of the molecule is COC1=C(C(=O)O)N2C(=O)[C@@H](NC(=O)/C(=N/O)c3nsc(N)n3)[C@H]2SC1. The summed E-state index contributed by atoms with van der Waals surface area (Å²) in [7, 11) is 1.32. The molecule has 2 aliphatic heterocycles. The lowest BCUT2D eigenvalue weighted by molar-refractivity contribution is -0.150. The van der Waals surface area contributed by atoms with Crippen LogP contribution in [0.4, 0.5) is 5.13 Å². The Kier molecular flexibility index (Phi) is 4.69. The Morgan fingerprint density at radius 2 is 2.23 bits per heavy atom. The minimum Gasteiger partial charge on any atom is -0.498 e. The number of β-lactam (4-membered cyclic amide) rings is 1. The van der Waals surface area contributed by atoms with Gasteiger partial charge in [0.1, 0.15) is 17.2 Å². The molecule has 0 spiro atoms. The fourth-order valence-electron chi connectivity index (χ4n) is 2.48. The van der Waals surface area contributed by atoms with Crippen LogP contribution >= 0.6 is 23.3 Å². The number of aliphatic carboxylic acids is 1. The first-order chi connectivity index (χ1) is 12.4. The molecule has 2 atom stereocenters. The molecule has 1 saturated heterocycles. The number of hydrogen-bond acceptors (Lipinski definition) is 11. The molecule has 2 amide bonds. The molecule has 1 aromatic rings. The Labute approximate surface area is 153 Å². The van der Waals surface area contributed by atoms with Crippen molar-refractivity contribution in [2.24, 2.45) is 5.16 Å². The number of amides is 2. The number of methoxy groups -OCH3 is 1. The van der Waals surface area contributed by atoms with Gasteiger partial charge < -0.3 is 26.1 Å². The predicted molar refractivity (Wildman–Crippen MR) is 89.3 cm³/mol. The van der Waals surface area contributed by atoms with Crippen LogP contribution in [0.5, 0.6) is 0 Å². The highest BCUT2D eigenvalue weighted by molar-refractivity contribution is 8.00. The predicted octanol–water partition coefficient (Wildman–Crippen LogP) is -1.36. The molecule has 1 aromatic heterocycles. The molecular formula is C12H12N6O6S2. The van der Waals surface area contributed by atoms with Crippen LogP contribution in [0, 0.1) is 0 Å². The molecule has 0 aromatic carbocycles. The van der Waals surface area contributed by atoms with Crippen molar-refractivity contribution in [1.82, 2.24) is 19.6 Å². The highest BCUT2D eigenvalue weighted by Crippen LogP contribution is 2.40. The number of nitrogens with zero attached hydrogens (tertiary/aromatic N) is 4. The second-order valence-corrected chi connectivity index (χ2v) is 6.94. The van der Waals surface area contributed by atoms with Gasteiger partial charge in [0.25, 0.3) is 11.8 Å². The second-order valence-electron chi connectivity index (χ2n) is 5.05. The molecule has 12 nitrogen and oxygen atoms in total. The van der Waals surface area contributed by atoms with Crippen LogP contribution < -0.4 is 11.1 Å². The van der Waals surface area contributed by atoms with E-state index in [1.807, 2.05) is 0 Å². The van der Waals surface area contributed by atoms with Crippen molar-refractivity contribution in [3.63, 3.8) is 0 Å². The van der Waals surface area contributed by atoms with Crippen molar-refractivity contribution < 1.29 is 29.4 Å². The first-order valence-electron chi connectivity index (χ1n) is 6.96. The van der Waals surface area contributed by atoms with Crippen LogP contribution in [0.1, 0.15) is 5.82 Å². The molecule has 138 valence electrons. The quantitative estimate of drug-likeness (QED) is 0.199. The molecule has 2 aliphatic rings. The highest BCUT2D eigenvalue weighted by atomic mass is 32.2. The molecule has 5 N–H and O–H groups in total. The van der Waals surface area contributed by atoms with Crippen LogP contribution in [0.25, 0.3) is 0 Å². The maximum atomic E-state index is 12.4. The summed E-state index contributed by atoms with van der Waals surface area (Å²) >= 11 is 2.04. The van der Waals surface area contributed by atoms with Crippen LogP contribution in [-0.4, -0.2) is 72.3 Å². The van der Waals surface area contributed by atoms with Crippen molar-refractivity contribution in [1.29, 1.82) is 0 Å². The number of rotatable bonds is 5. The van der Waals surface area contributed by atoms with Gasteiger partial charge in [-0.25, -0.2) is 4.79 Å². The lowest BCUT2D eigenvalue weighted by Crippen LogP contribution is -2.71. The number of thioether (sulfide) groups is 1. The smallest absolute Gasteiger partial charge is 0.356 e. The molecule has 0 bridgehead atoms. The third-order valence-corrected chi connectivity index (χ3v) is 5.43. The van der Waals surface area contributed by atoms with Gasteiger partial charge in [-0.1, -0.05) is 5.16 Å². The van der Waals surface area contributed by atoms with E-state index in [4.69, 9.17) is 15.7 Å². The van der Waals surface area contributed by atoms with Crippen molar-refractivity contribution in [3.05, 3.63) is 17.3 Å². The Morgan fingerprint density at radius 1 is 1.50 bits per heavy atom. The van der Waals surface area contributed by atoms with Gasteiger partial charge in [0.05, 0.1) is 12.9 Å². The number of nitrogens with one attached hydrogen (secondary N) is 1. The Morgan fingerprint density at radius 3 is 2.77 bits per heavy atom. The van der Waals surface area contributed by atoms with Gasteiger partial charge in [0.15, 0.2) is 10.8 Å². The van der Waals surface area contributed by atoms with E-state index >= 15 is 0 Å². The van der Waals surface area contributed by atoms with Crippen molar-refractivity contribution in [2.75, 3.05) is 18.6 Å². The summed E-state index contributed by atoms with van der Waals surface area (Å²) in [6.07, 6.45) is 0. The maximum absolute atomic E-state index is 12.4. The molecule has 0 radical (unpaired) electrons. The lowest BCUT2D eigenvalue weighted by Gasteiger charge is -2.48. The van der Waals surface area contributed by atoms with Gasteiger partial charge >= 0.3 is 5.97 Å². The number of hydrogen-bond donors (Lipinski definition) is 4. The summed E-state index contributed by atoms with van der Waals surface area (Å²) in [5.41, 5.74) is 4.67. The number of oxime groups is 1. The Hall–Kier alpha value is -2.87. The maximum Gasteiger partial charge on any atom is 0.356 e. The fourth-order valence-corrected chi connectivity index (χ4v) is 4.23. The third-order valence-electron chi connectivity index (χ3n) is 3.64. The van der Waals surface area contributed by atoms with Crippen molar-refractivity contribution in [3.8, 4) is 0 Å². The number of carboxylic acids is 1. The van der Waals surface area contributed by atoms with E-state index in [-0.39, 0.29) is 28.2 Å². The normalized spacial score (nSPS) is 22.6. The number of aromatic nitrogens is 2. The van der Waals surface area contributed by atoms with Gasteiger partial charge in [0.2, 0.25) is 11.5 Å². The van der Waals surface area contributed by atoms with Crippen LogP contribution in [0.2, 0.25) is 0 Å². The first-order valence-corrected chi connectivity index (χ1v) is 8.78. The van der Waals surface area contributed by atoms with Gasteiger partial charge in [-0.05, 0) is 0 Å². The van der Waals surface area contributed by atoms with Crippen LogP contribution in [0.15, 0.2) is 16.6 Å². The van der Waals surface area contributed by atoms with E-state index in [0.717, 1.165) is 16.4 Å². The minimum absolute atomic E-state index is 0.0750. The molecule has 26 heavy (non-hydrogen) atoms. The summed E-state index contributed by atoms with van der Waals surface area (Å²) < 4.78 is 8.78. The number of carboxylic acid groups (broad SMARTS) is 1. The topological polar surface area (TPSA) is 180 Å². The van der Waals surface area contributed by atoms with E-state index in [0.29, 0.717) is 0 Å². The molecule has 0 unspecified atom stereocenters. The summed E-state index contributed by atoms with van der Waals surface area (Å²) in [6.45, 7) is 0. The number of nitrogen functional groups attached to an aromatic ring is 1. The fraction of sp³-hybridized carbons (Fsp3) is 0.333. The van der Waals surface area contributed by atoms with E-state index < -0.39 is 34.9 Å². The number of anilines is 1. The molecule has 3 heterocycles. The average molecular weight is 400 g/mol. The van der Waals surface area contributed by atoms with Crippen molar-refractivity contribution in [2.45, 2.75) is 11.4 Å². The summed E-state index contributed by atoms with van der Waals surface area (Å²) in [6, 6.07) is -0.993. The van der Waals surface area contributed by atoms with Gasteiger partial charge in [0, 0.05) is 11.5 Å². The van der Waals surface area contributed by atoms with Crippen LogP contribution in [-0.2, 0) is 19.1 Å². The molecule has 0 aliphatic carbocycles. The van der Waals surface area contributed by atoms with E-state index in [9.17, 15) is 19.5 Å². The number of carbonyl (C=O) groups excluding carboxylic acids is 2. The summed E-state index contributed by atoms with van der Waals surface area (Å²) in [5.74, 6) is -2.60. The summed E-state index contributed by atoms with van der Waals surface area (Å²) in [4.78, 5) is 40.9. The zero-order valence-electron chi connectivity index (χ0n) is 13.1. The zero-order valence-corrected chi connectivity index (χ0v) is 14.7. The number of carbonyl (C=O) groups is 3. The van der Waals surface area contributed by atoms with Gasteiger partial charge in [-0.15, -0.1) is 11.8 Å². The van der Waals surface area contributed by atoms with Crippen molar-refractivity contribution >= 4 is 51.9 Å². The molecular weight excluding hydrogens is 388 g/mol. The zero-order chi connectivity index (χ0) is 19.0. The number of ether oxygens (including phenoxy) is 1. The van der Waals surface area contributed by atoms with E-state index in [2.05, 4.69) is 19.8 Å². The number of fused-ring (bicyclic) bond motifs is 1. The molecule has 3 rings (SSSR count). The molecule has 1 fully saturated rings. The van der Waals surface area contributed by atoms with E-state index in [1.165, 1.54) is 18.9 Å². The van der Waals surface area contributed by atoms with E-state index in [1.54, 1.807) is 0 Å². The number of nitrogens with two attached hydrogens (primary N) is 1.